The molecule has 21 heavy (non-hydrogen) atoms. The monoisotopic (exact) mass is 302 g/mol. The van der Waals surface area contributed by atoms with E-state index < -0.39 is 0 Å². The highest BCUT2D eigenvalue weighted by Gasteiger charge is 2.21. The van der Waals surface area contributed by atoms with Crippen molar-refractivity contribution in [3.05, 3.63) is 36.5 Å². The third-order valence-electron chi connectivity index (χ3n) is 3.67. The van der Waals surface area contributed by atoms with Gasteiger partial charge in [-0.25, -0.2) is 4.98 Å². The fraction of sp³-hybridized carbons (Fsp3) is 0.400. The maximum Gasteiger partial charge on any atom is 0.226 e. The van der Waals surface area contributed by atoms with E-state index in [2.05, 4.69) is 15.2 Å². The van der Waals surface area contributed by atoms with Crippen LogP contribution >= 0.6 is 11.9 Å². The lowest BCUT2D eigenvalue weighted by molar-refractivity contribution is -0.0351. The molecule has 1 aliphatic carbocycles. The predicted octanol–water partition coefficient (Wildman–Crippen LogP) is 3.57. The Morgan fingerprint density at radius 3 is 2.62 bits per heavy atom. The van der Waals surface area contributed by atoms with E-state index in [1.807, 2.05) is 30.3 Å². The van der Waals surface area contributed by atoms with Crippen LogP contribution in [0.5, 0.6) is 0 Å². The number of aromatic nitrogens is 3. The standard InChI is InChI=1S/C15H18N4OS/c20-19(13-9-5-2-6-10-13)21-15-17-14(11-16-18-15)12-7-3-1-4-8-12/h1,3-4,7-8,11,13,20H,2,5-6,9-10H2. The minimum Gasteiger partial charge on any atom is -0.303 e. The van der Waals surface area contributed by atoms with Crippen LogP contribution in [-0.4, -0.2) is 30.9 Å². The first-order chi connectivity index (χ1) is 10.3. The second-order valence-electron chi connectivity index (χ2n) is 5.18. The van der Waals surface area contributed by atoms with Crippen molar-refractivity contribution >= 4 is 11.9 Å². The third-order valence-corrected chi connectivity index (χ3v) is 4.49. The van der Waals surface area contributed by atoms with Gasteiger partial charge in [-0.3, -0.25) is 0 Å². The lowest BCUT2D eigenvalue weighted by Gasteiger charge is -2.27. The molecule has 1 aliphatic rings. The number of benzene rings is 1. The molecule has 0 radical (unpaired) electrons. The zero-order valence-electron chi connectivity index (χ0n) is 11.7. The molecule has 6 heteroatoms. The Hall–Kier alpha value is -1.50. The number of nitrogens with zero attached hydrogens (tertiary/aromatic N) is 4. The summed E-state index contributed by atoms with van der Waals surface area (Å²) < 4.78 is 1.30. The van der Waals surface area contributed by atoms with Crippen LogP contribution in [0.25, 0.3) is 11.3 Å². The summed E-state index contributed by atoms with van der Waals surface area (Å²) in [6.07, 6.45) is 7.29. The maximum atomic E-state index is 10.2. The van der Waals surface area contributed by atoms with Gasteiger partial charge in [-0.05, 0) is 12.8 Å². The molecule has 0 aliphatic heterocycles. The molecule has 1 heterocycles. The average molecular weight is 302 g/mol. The molecular formula is C15H18N4OS. The van der Waals surface area contributed by atoms with Crippen LogP contribution in [0.3, 0.4) is 0 Å². The summed E-state index contributed by atoms with van der Waals surface area (Å²) in [5, 5.41) is 18.6. The zero-order chi connectivity index (χ0) is 14.5. The number of hydrogen-bond donors (Lipinski definition) is 1. The molecule has 110 valence electrons. The van der Waals surface area contributed by atoms with Gasteiger partial charge in [0.05, 0.1) is 11.9 Å². The highest BCUT2D eigenvalue weighted by atomic mass is 32.2. The number of rotatable bonds is 4. The van der Waals surface area contributed by atoms with Crippen molar-refractivity contribution in [1.82, 2.24) is 19.6 Å². The largest absolute Gasteiger partial charge is 0.303 e. The fourth-order valence-electron chi connectivity index (χ4n) is 2.53. The molecule has 3 rings (SSSR count). The van der Waals surface area contributed by atoms with E-state index in [9.17, 15) is 5.21 Å². The molecule has 1 aromatic carbocycles. The Kier molecular flexibility index (Phi) is 4.80. The Morgan fingerprint density at radius 1 is 1.10 bits per heavy atom. The minimum absolute atomic E-state index is 0.188. The molecule has 0 bridgehead atoms. The van der Waals surface area contributed by atoms with Crippen LogP contribution in [0.15, 0.2) is 41.7 Å². The highest BCUT2D eigenvalue weighted by molar-refractivity contribution is 7.96. The van der Waals surface area contributed by atoms with Gasteiger partial charge >= 0.3 is 0 Å². The van der Waals surface area contributed by atoms with Crippen LogP contribution in [-0.2, 0) is 0 Å². The SMILES string of the molecule is ON(Sc1nncc(-c2ccccc2)n1)C1CCCCC1. The number of hydroxylamine groups is 1. The molecule has 2 aromatic rings. The smallest absolute Gasteiger partial charge is 0.226 e. The van der Waals surface area contributed by atoms with Gasteiger partial charge in [-0.15, -0.1) is 9.57 Å². The van der Waals surface area contributed by atoms with Crippen molar-refractivity contribution in [3.63, 3.8) is 0 Å². The molecule has 0 spiro atoms. The molecule has 5 nitrogen and oxygen atoms in total. The summed E-state index contributed by atoms with van der Waals surface area (Å²) in [5.74, 6) is 0. The molecule has 1 saturated carbocycles. The summed E-state index contributed by atoms with van der Waals surface area (Å²) in [7, 11) is 0. The van der Waals surface area contributed by atoms with Crippen LogP contribution in [0, 0.1) is 0 Å². The van der Waals surface area contributed by atoms with Gasteiger partial charge in [0.25, 0.3) is 0 Å². The van der Waals surface area contributed by atoms with Crippen molar-refractivity contribution < 1.29 is 5.21 Å². The van der Waals surface area contributed by atoms with E-state index >= 15 is 0 Å². The third kappa shape index (κ3) is 3.78. The second-order valence-corrected chi connectivity index (χ2v) is 6.10. The molecular weight excluding hydrogens is 284 g/mol. The Balaban J connectivity index is 1.71. The van der Waals surface area contributed by atoms with Crippen LogP contribution < -0.4 is 0 Å². The predicted molar refractivity (Wildman–Crippen MR) is 81.6 cm³/mol. The fourth-order valence-corrected chi connectivity index (χ4v) is 3.28. The quantitative estimate of drug-likeness (QED) is 0.688. The molecule has 0 atom stereocenters. The first-order valence-corrected chi connectivity index (χ1v) is 8.01. The van der Waals surface area contributed by atoms with Gasteiger partial charge < -0.3 is 5.21 Å². The first-order valence-electron chi connectivity index (χ1n) is 7.24. The van der Waals surface area contributed by atoms with E-state index in [4.69, 9.17) is 0 Å². The second kappa shape index (κ2) is 6.98. The van der Waals surface area contributed by atoms with E-state index in [1.165, 1.54) is 23.7 Å². The molecule has 1 aromatic heterocycles. The summed E-state index contributed by atoms with van der Waals surface area (Å²) in [4.78, 5) is 4.47. The topological polar surface area (TPSA) is 62.1 Å². The lowest BCUT2D eigenvalue weighted by Crippen LogP contribution is -2.28. The van der Waals surface area contributed by atoms with Gasteiger partial charge in [0.1, 0.15) is 0 Å². The summed E-state index contributed by atoms with van der Waals surface area (Å²) in [6.45, 7) is 0. The van der Waals surface area contributed by atoms with Crippen LogP contribution in [0.2, 0.25) is 0 Å². The Bertz CT molecular complexity index is 575. The summed E-state index contributed by atoms with van der Waals surface area (Å²) >= 11 is 1.16. The van der Waals surface area contributed by atoms with Crippen molar-refractivity contribution in [3.8, 4) is 11.3 Å². The van der Waals surface area contributed by atoms with Crippen molar-refractivity contribution in [2.24, 2.45) is 0 Å². The normalized spacial score (nSPS) is 16.3. The van der Waals surface area contributed by atoms with Gasteiger partial charge in [0.15, 0.2) is 0 Å². The Morgan fingerprint density at radius 2 is 1.86 bits per heavy atom. The van der Waals surface area contributed by atoms with Crippen LogP contribution in [0.4, 0.5) is 0 Å². The van der Waals surface area contributed by atoms with Crippen molar-refractivity contribution in [1.29, 1.82) is 0 Å². The summed E-state index contributed by atoms with van der Waals surface area (Å²) in [6, 6.07) is 10.0. The van der Waals surface area contributed by atoms with Crippen molar-refractivity contribution in [2.45, 2.75) is 43.3 Å². The lowest BCUT2D eigenvalue weighted by atomic mass is 9.96. The van der Waals surface area contributed by atoms with Crippen LogP contribution in [0.1, 0.15) is 32.1 Å². The van der Waals surface area contributed by atoms with Gasteiger partial charge in [0.2, 0.25) is 5.16 Å². The minimum atomic E-state index is 0.188. The Labute approximate surface area is 128 Å². The molecule has 0 unspecified atom stereocenters. The molecule has 1 N–H and O–H groups in total. The molecule has 0 saturated heterocycles. The average Bonchev–Trinajstić information content (AvgIpc) is 2.57. The molecule has 1 fully saturated rings. The van der Waals surface area contributed by atoms with E-state index in [0.717, 1.165) is 36.0 Å². The van der Waals surface area contributed by atoms with E-state index in [1.54, 1.807) is 6.20 Å². The first kappa shape index (κ1) is 14.4. The number of hydrogen-bond acceptors (Lipinski definition) is 6. The highest BCUT2D eigenvalue weighted by Crippen LogP contribution is 2.28. The van der Waals surface area contributed by atoms with E-state index in [-0.39, 0.29) is 6.04 Å². The summed E-state index contributed by atoms with van der Waals surface area (Å²) in [5.41, 5.74) is 1.77. The van der Waals surface area contributed by atoms with Gasteiger partial charge in [0, 0.05) is 23.6 Å². The molecule has 0 amide bonds. The maximum absolute atomic E-state index is 10.2. The van der Waals surface area contributed by atoms with E-state index in [0.29, 0.717) is 5.16 Å². The zero-order valence-corrected chi connectivity index (χ0v) is 12.5. The van der Waals surface area contributed by atoms with Crippen molar-refractivity contribution in [2.75, 3.05) is 0 Å². The van der Waals surface area contributed by atoms with Gasteiger partial charge in [-0.2, -0.15) is 5.10 Å². The van der Waals surface area contributed by atoms with Gasteiger partial charge in [-0.1, -0.05) is 49.6 Å².